The molecule has 0 radical (unpaired) electrons. The maximum absolute atomic E-state index is 13.0. The lowest BCUT2D eigenvalue weighted by Crippen LogP contribution is -2.48. The van der Waals surface area contributed by atoms with Crippen molar-refractivity contribution in [2.75, 3.05) is 17.7 Å². The molecule has 3 heterocycles. The molecule has 9 nitrogen and oxygen atoms in total. The number of rotatable bonds is 4. The third-order valence-electron chi connectivity index (χ3n) is 5.16. The van der Waals surface area contributed by atoms with Crippen LogP contribution in [-0.2, 0) is 11.3 Å². The van der Waals surface area contributed by atoms with E-state index in [0.717, 1.165) is 27.0 Å². The van der Waals surface area contributed by atoms with Crippen LogP contribution in [0.2, 0.25) is 0 Å². The van der Waals surface area contributed by atoms with Gasteiger partial charge < -0.3 is 15.2 Å². The van der Waals surface area contributed by atoms with Crippen LogP contribution in [0.3, 0.4) is 0 Å². The van der Waals surface area contributed by atoms with E-state index in [0.29, 0.717) is 12.3 Å². The first-order chi connectivity index (χ1) is 15.1. The summed E-state index contributed by atoms with van der Waals surface area (Å²) in [7, 11) is 1.72. The Morgan fingerprint density at radius 2 is 2.10 bits per heavy atom. The fourth-order valence-corrected chi connectivity index (χ4v) is 4.63. The Morgan fingerprint density at radius 3 is 2.94 bits per heavy atom. The number of H-pyrrole nitrogens is 1. The number of tetrazole rings is 1. The monoisotopic (exact) mass is 433 g/mol. The molecule has 0 aliphatic carbocycles. The van der Waals surface area contributed by atoms with Gasteiger partial charge >= 0.3 is 0 Å². The van der Waals surface area contributed by atoms with Crippen LogP contribution in [0.25, 0.3) is 10.9 Å². The Bertz CT molecular complexity index is 1270. The number of amides is 2. The highest BCUT2D eigenvalue weighted by atomic mass is 32.2. The number of anilines is 1. The molecule has 5 rings (SSSR count). The molecular weight excluding hydrogens is 414 g/mol. The molecule has 1 aliphatic heterocycles. The lowest BCUT2D eigenvalue weighted by Gasteiger charge is -2.21. The van der Waals surface area contributed by atoms with E-state index < -0.39 is 11.9 Å². The predicted molar refractivity (Wildman–Crippen MR) is 117 cm³/mol. The quantitative estimate of drug-likeness (QED) is 0.510. The lowest BCUT2D eigenvalue weighted by molar-refractivity contribution is -0.119. The predicted octanol–water partition coefficient (Wildman–Crippen LogP) is 2.07. The Kier molecular flexibility index (Phi) is 4.91. The number of nitrogens with one attached hydrogen (secondary N) is 2. The first-order valence-corrected chi connectivity index (χ1v) is 10.7. The molecule has 0 unspecified atom stereocenters. The van der Waals surface area contributed by atoms with Crippen LogP contribution < -0.4 is 10.2 Å². The number of nitrogens with zero attached hydrogens (tertiary/aromatic N) is 5. The Morgan fingerprint density at radius 1 is 1.26 bits per heavy atom. The van der Waals surface area contributed by atoms with Crippen molar-refractivity contribution in [2.24, 2.45) is 0 Å². The van der Waals surface area contributed by atoms with Crippen molar-refractivity contribution in [3.63, 3.8) is 0 Å². The highest BCUT2D eigenvalue weighted by molar-refractivity contribution is 7.99. The molecule has 2 N–H and O–H groups in total. The number of hydrogen-bond acceptors (Lipinski definition) is 6. The summed E-state index contributed by atoms with van der Waals surface area (Å²) in [4.78, 5) is 32.8. The normalized spacial score (nSPS) is 16.2. The van der Waals surface area contributed by atoms with Gasteiger partial charge in [-0.1, -0.05) is 30.3 Å². The zero-order valence-electron chi connectivity index (χ0n) is 16.6. The molecule has 156 valence electrons. The Labute approximate surface area is 181 Å². The smallest absolute Gasteiger partial charge is 0.293 e. The van der Waals surface area contributed by atoms with Crippen molar-refractivity contribution in [3.8, 4) is 0 Å². The molecule has 31 heavy (non-hydrogen) atoms. The molecule has 0 saturated carbocycles. The average Bonchev–Trinajstić information content (AvgIpc) is 3.42. The molecule has 0 fully saturated rings. The van der Waals surface area contributed by atoms with E-state index in [4.69, 9.17) is 0 Å². The van der Waals surface area contributed by atoms with Gasteiger partial charge in [-0.05, 0) is 29.0 Å². The molecule has 4 aromatic rings. The van der Waals surface area contributed by atoms with E-state index in [1.165, 1.54) is 16.6 Å². The van der Waals surface area contributed by atoms with Crippen LogP contribution in [0.5, 0.6) is 0 Å². The summed E-state index contributed by atoms with van der Waals surface area (Å²) in [6.45, 7) is 0.407. The number of carbonyl (C=O) groups excluding carboxylic acids is 2. The summed E-state index contributed by atoms with van der Waals surface area (Å²) in [6.07, 6.45) is 1.87. The van der Waals surface area contributed by atoms with Crippen LogP contribution in [0.15, 0.2) is 59.6 Å². The molecule has 10 heteroatoms. The molecule has 0 bridgehead atoms. The molecule has 1 aliphatic rings. The number of benzene rings is 2. The number of fused-ring (bicyclic) bond motifs is 2. The molecule has 2 aromatic heterocycles. The van der Waals surface area contributed by atoms with Crippen LogP contribution in [-0.4, -0.2) is 55.8 Å². The fourth-order valence-electron chi connectivity index (χ4n) is 3.52. The van der Waals surface area contributed by atoms with Gasteiger partial charge in [-0.25, -0.2) is 0 Å². The maximum Gasteiger partial charge on any atom is 0.293 e. The van der Waals surface area contributed by atoms with E-state index in [-0.39, 0.29) is 11.7 Å². The van der Waals surface area contributed by atoms with Crippen molar-refractivity contribution in [1.29, 1.82) is 0 Å². The van der Waals surface area contributed by atoms with E-state index in [1.54, 1.807) is 11.9 Å². The highest BCUT2D eigenvalue weighted by Gasteiger charge is 2.31. The van der Waals surface area contributed by atoms with Crippen molar-refractivity contribution >= 4 is 40.2 Å². The summed E-state index contributed by atoms with van der Waals surface area (Å²) >= 11 is 1.53. The van der Waals surface area contributed by atoms with Gasteiger partial charge in [0.2, 0.25) is 5.91 Å². The molecule has 0 saturated heterocycles. The number of hydrogen-bond donors (Lipinski definition) is 2. The van der Waals surface area contributed by atoms with Gasteiger partial charge in [0.25, 0.3) is 11.7 Å². The van der Waals surface area contributed by atoms with Crippen molar-refractivity contribution in [1.82, 2.24) is 30.5 Å². The Balaban J connectivity index is 1.31. The van der Waals surface area contributed by atoms with Gasteiger partial charge in [-0.3, -0.25) is 9.59 Å². The van der Waals surface area contributed by atoms with E-state index in [2.05, 4.69) is 25.7 Å². The topological polar surface area (TPSA) is 109 Å². The average molecular weight is 433 g/mol. The first-order valence-electron chi connectivity index (χ1n) is 9.72. The first kappa shape index (κ1) is 19.3. The summed E-state index contributed by atoms with van der Waals surface area (Å²) in [5, 5.41) is 15.7. The summed E-state index contributed by atoms with van der Waals surface area (Å²) in [5.74, 6) is -0.367. The minimum absolute atomic E-state index is 0.0635. The van der Waals surface area contributed by atoms with Crippen molar-refractivity contribution < 1.29 is 9.59 Å². The maximum atomic E-state index is 13.0. The molecule has 2 aromatic carbocycles. The van der Waals surface area contributed by atoms with Gasteiger partial charge in [0.05, 0.1) is 12.2 Å². The van der Waals surface area contributed by atoms with Gasteiger partial charge in [-0.15, -0.1) is 22.0 Å². The fraction of sp³-hybridized carbons (Fsp3) is 0.190. The lowest BCUT2D eigenvalue weighted by atomic mass is 10.2. The molecule has 2 amide bonds. The van der Waals surface area contributed by atoms with Crippen LogP contribution in [0, 0.1) is 0 Å². The van der Waals surface area contributed by atoms with Crippen LogP contribution in [0.1, 0.15) is 16.2 Å². The van der Waals surface area contributed by atoms with Crippen LogP contribution >= 0.6 is 11.8 Å². The zero-order valence-corrected chi connectivity index (χ0v) is 17.5. The minimum Gasteiger partial charge on any atom is -0.361 e. The second-order valence-electron chi connectivity index (χ2n) is 7.25. The number of aromatic nitrogens is 5. The van der Waals surface area contributed by atoms with Gasteiger partial charge in [0, 0.05) is 34.8 Å². The Hall–Kier alpha value is -3.66. The third kappa shape index (κ3) is 3.77. The summed E-state index contributed by atoms with van der Waals surface area (Å²) in [6, 6.07) is 14.9. The summed E-state index contributed by atoms with van der Waals surface area (Å²) in [5.41, 5.74) is 2.83. The van der Waals surface area contributed by atoms with Gasteiger partial charge in [-0.2, -0.15) is 4.80 Å². The third-order valence-corrected chi connectivity index (χ3v) is 6.29. The number of likely N-dealkylation sites (N-methyl/N-ethyl adjacent to an activating group) is 1. The number of thioether (sulfide) groups is 1. The SMILES string of the molecule is CN1C(=O)[C@@H](NC(=O)c2nnn(Cc3ccccc3)n2)CSc2cc3[nH]ccc3cc21. The number of carbonyl (C=O) groups is 2. The molecule has 1 atom stereocenters. The zero-order chi connectivity index (χ0) is 21.4. The van der Waals surface area contributed by atoms with E-state index in [9.17, 15) is 9.59 Å². The second-order valence-corrected chi connectivity index (χ2v) is 8.31. The van der Waals surface area contributed by atoms with Crippen molar-refractivity contribution in [3.05, 3.63) is 66.1 Å². The minimum atomic E-state index is -0.700. The standard InChI is InChI=1S/C21H19N7O2S/c1-27-17-9-14-7-8-22-15(14)10-18(17)31-12-16(21(27)30)23-20(29)19-24-26-28(25-19)11-13-5-3-2-4-6-13/h2-10,16,22H,11-12H2,1H3,(H,23,29)/t16-/m0/s1. The second kappa shape index (κ2) is 7.88. The van der Waals surface area contributed by atoms with E-state index in [1.807, 2.05) is 54.7 Å². The van der Waals surface area contributed by atoms with Crippen LogP contribution in [0.4, 0.5) is 5.69 Å². The molecule has 0 spiro atoms. The number of aromatic amines is 1. The van der Waals surface area contributed by atoms with Gasteiger partial charge in [0.1, 0.15) is 6.04 Å². The van der Waals surface area contributed by atoms with Crippen molar-refractivity contribution in [2.45, 2.75) is 17.5 Å². The largest absolute Gasteiger partial charge is 0.361 e. The van der Waals surface area contributed by atoms with Gasteiger partial charge in [0.15, 0.2) is 0 Å². The highest BCUT2D eigenvalue weighted by Crippen LogP contribution is 2.36. The van der Waals surface area contributed by atoms with E-state index >= 15 is 0 Å². The molecular formula is C21H19N7O2S. The summed E-state index contributed by atoms with van der Waals surface area (Å²) < 4.78 is 0.